The maximum absolute atomic E-state index is 5.12. The predicted molar refractivity (Wildman–Crippen MR) is 84.4 cm³/mol. The van der Waals surface area contributed by atoms with E-state index in [1.54, 1.807) is 7.11 Å². The number of methoxy groups -OCH3 is 1. The summed E-state index contributed by atoms with van der Waals surface area (Å²) in [6.45, 7) is 7.00. The highest BCUT2D eigenvalue weighted by Crippen LogP contribution is 2.19. The average Bonchev–Trinajstić information content (AvgIpc) is 2.43. The molecule has 0 aliphatic rings. The highest BCUT2D eigenvalue weighted by Gasteiger charge is 2.07. The number of aromatic nitrogens is 3. The van der Waals surface area contributed by atoms with Crippen LogP contribution >= 0.6 is 0 Å². The van der Waals surface area contributed by atoms with Gasteiger partial charge in [-0.25, -0.2) is 0 Å². The van der Waals surface area contributed by atoms with Crippen LogP contribution in [0.2, 0.25) is 0 Å². The van der Waals surface area contributed by atoms with Crippen molar-refractivity contribution in [1.29, 1.82) is 0 Å². The maximum atomic E-state index is 5.12. The lowest BCUT2D eigenvalue weighted by molar-refractivity contribution is 0.379. The van der Waals surface area contributed by atoms with Crippen molar-refractivity contribution in [3.63, 3.8) is 0 Å². The van der Waals surface area contributed by atoms with Gasteiger partial charge in [-0.05, 0) is 43.5 Å². The van der Waals surface area contributed by atoms with Crippen molar-refractivity contribution in [2.24, 2.45) is 0 Å². The lowest BCUT2D eigenvalue weighted by Gasteiger charge is -2.10. The summed E-state index contributed by atoms with van der Waals surface area (Å²) >= 11 is 0. The van der Waals surface area contributed by atoms with Gasteiger partial charge in [0.1, 0.15) is 0 Å². The molecule has 1 aromatic heterocycles. The third-order valence-corrected chi connectivity index (χ3v) is 2.81. The molecule has 6 heteroatoms. The zero-order chi connectivity index (χ0) is 15.2. The van der Waals surface area contributed by atoms with E-state index in [0.29, 0.717) is 11.9 Å². The van der Waals surface area contributed by atoms with Gasteiger partial charge in [0.2, 0.25) is 11.9 Å². The van der Waals surface area contributed by atoms with Gasteiger partial charge in [0.25, 0.3) is 0 Å². The third-order valence-electron chi connectivity index (χ3n) is 2.81. The van der Waals surface area contributed by atoms with E-state index < -0.39 is 0 Å². The number of nitrogens with one attached hydrogen (secondary N) is 2. The third kappa shape index (κ3) is 4.30. The minimum atomic E-state index is 0.287. The van der Waals surface area contributed by atoms with Gasteiger partial charge in [0.05, 0.1) is 7.11 Å². The van der Waals surface area contributed by atoms with Crippen molar-refractivity contribution < 1.29 is 4.74 Å². The van der Waals surface area contributed by atoms with Crippen molar-refractivity contribution >= 4 is 17.6 Å². The Labute approximate surface area is 125 Å². The van der Waals surface area contributed by atoms with Gasteiger partial charge in [-0.15, -0.1) is 0 Å². The van der Waals surface area contributed by atoms with Crippen molar-refractivity contribution in [3.8, 4) is 6.01 Å². The van der Waals surface area contributed by atoms with Gasteiger partial charge < -0.3 is 15.4 Å². The van der Waals surface area contributed by atoms with E-state index in [2.05, 4.69) is 52.4 Å². The van der Waals surface area contributed by atoms with Gasteiger partial charge in [-0.2, -0.15) is 15.0 Å². The first-order valence-electron chi connectivity index (χ1n) is 7.00. The Morgan fingerprint density at radius 2 is 1.67 bits per heavy atom. The van der Waals surface area contributed by atoms with Crippen LogP contribution in [0.25, 0.3) is 0 Å². The largest absolute Gasteiger partial charge is 0.467 e. The molecule has 0 saturated heterocycles. The lowest BCUT2D eigenvalue weighted by atomic mass is 10.1. The Morgan fingerprint density at radius 3 is 2.29 bits per heavy atom. The van der Waals surface area contributed by atoms with Crippen LogP contribution < -0.4 is 15.4 Å². The highest BCUT2D eigenvalue weighted by atomic mass is 16.5. The first kappa shape index (κ1) is 15.0. The molecular weight excluding hydrogens is 266 g/mol. The van der Waals surface area contributed by atoms with E-state index in [9.17, 15) is 0 Å². The smallest absolute Gasteiger partial charge is 0.322 e. The quantitative estimate of drug-likeness (QED) is 0.850. The summed E-state index contributed by atoms with van der Waals surface area (Å²) < 4.78 is 5.12. The number of anilines is 3. The molecule has 0 radical (unpaired) electrons. The Bertz CT molecular complexity index is 595. The van der Waals surface area contributed by atoms with Gasteiger partial charge in [0.15, 0.2) is 0 Å². The molecule has 0 saturated carbocycles. The number of nitrogens with zero attached hydrogens (tertiary/aromatic N) is 3. The maximum Gasteiger partial charge on any atom is 0.322 e. The summed E-state index contributed by atoms with van der Waals surface area (Å²) in [5.74, 6) is 0.973. The molecule has 2 N–H and O–H groups in total. The van der Waals surface area contributed by atoms with Crippen LogP contribution in [0.5, 0.6) is 6.01 Å². The fourth-order valence-corrected chi connectivity index (χ4v) is 2.00. The van der Waals surface area contributed by atoms with Crippen molar-refractivity contribution in [2.75, 3.05) is 24.3 Å². The number of aryl methyl sites for hydroxylation is 2. The van der Waals surface area contributed by atoms with Crippen LogP contribution in [0.3, 0.4) is 0 Å². The molecular formula is C15H21N5O. The average molecular weight is 287 g/mol. The molecule has 2 aromatic rings. The van der Waals surface area contributed by atoms with Gasteiger partial charge in [-0.1, -0.05) is 13.0 Å². The Balaban J connectivity index is 2.25. The molecule has 112 valence electrons. The molecule has 1 aromatic carbocycles. The van der Waals surface area contributed by atoms with Crippen molar-refractivity contribution in [1.82, 2.24) is 15.0 Å². The fraction of sp³-hybridized carbons (Fsp3) is 0.400. The second-order valence-electron chi connectivity index (χ2n) is 4.90. The van der Waals surface area contributed by atoms with E-state index in [1.165, 1.54) is 11.1 Å². The molecule has 0 bridgehead atoms. The van der Waals surface area contributed by atoms with E-state index in [-0.39, 0.29) is 6.01 Å². The van der Waals surface area contributed by atoms with Crippen LogP contribution in [0, 0.1) is 13.8 Å². The van der Waals surface area contributed by atoms with Crippen LogP contribution in [-0.2, 0) is 0 Å². The summed E-state index contributed by atoms with van der Waals surface area (Å²) in [6.07, 6.45) is 0.994. The zero-order valence-corrected chi connectivity index (χ0v) is 12.9. The molecule has 0 spiro atoms. The summed E-state index contributed by atoms with van der Waals surface area (Å²) in [4.78, 5) is 12.7. The minimum Gasteiger partial charge on any atom is -0.467 e. The van der Waals surface area contributed by atoms with Gasteiger partial charge >= 0.3 is 6.01 Å². The molecule has 21 heavy (non-hydrogen) atoms. The molecule has 0 aliphatic heterocycles. The Morgan fingerprint density at radius 1 is 1.00 bits per heavy atom. The zero-order valence-electron chi connectivity index (χ0n) is 12.9. The second kappa shape index (κ2) is 6.88. The van der Waals surface area contributed by atoms with Gasteiger partial charge in [0, 0.05) is 12.2 Å². The lowest BCUT2D eigenvalue weighted by Crippen LogP contribution is -2.09. The highest BCUT2D eigenvalue weighted by molar-refractivity contribution is 5.56. The van der Waals surface area contributed by atoms with E-state index in [0.717, 1.165) is 18.7 Å². The molecule has 0 amide bonds. The molecule has 0 aliphatic carbocycles. The van der Waals surface area contributed by atoms with Crippen molar-refractivity contribution in [3.05, 3.63) is 29.3 Å². The first-order chi connectivity index (χ1) is 10.1. The Kier molecular flexibility index (Phi) is 4.92. The van der Waals surface area contributed by atoms with Crippen molar-refractivity contribution in [2.45, 2.75) is 27.2 Å². The number of rotatable bonds is 6. The van der Waals surface area contributed by atoms with Crippen LogP contribution in [-0.4, -0.2) is 28.6 Å². The monoisotopic (exact) mass is 287 g/mol. The molecule has 1 heterocycles. The van der Waals surface area contributed by atoms with E-state index >= 15 is 0 Å². The Hall–Kier alpha value is -2.37. The fourth-order valence-electron chi connectivity index (χ4n) is 2.00. The summed E-state index contributed by atoms with van der Waals surface area (Å²) in [5, 5.41) is 6.33. The number of hydrogen-bond acceptors (Lipinski definition) is 6. The summed E-state index contributed by atoms with van der Waals surface area (Å²) in [6, 6.07) is 6.49. The molecule has 0 atom stereocenters. The SMILES string of the molecule is CCCNc1nc(Nc2cc(C)cc(C)c2)nc(OC)n1. The minimum absolute atomic E-state index is 0.287. The predicted octanol–water partition coefficient (Wildman–Crippen LogP) is 3.06. The molecule has 2 rings (SSSR count). The topological polar surface area (TPSA) is 72.0 Å². The number of hydrogen-bond donors (Lipinski definition) is 2. The van der Waals surface area contributed by atoms with E-state index in [4.69, 9.17) is 4.74 Å². The van der Waals surface area contributed by atoms with Crippen LogP contribution in [0.1, 0.15) is 24.5 Å². The molecule has 0 unspecified atom stereocenters. The normalized spacial score (nSPS) is 10.3. The number of ether oxygens (including phenoxy) is 1. The first-order valence-corrected chi connectivity index (χ1v) is 7.00. The van der Waals surface area contributed by atoms with E-state index in [1.807, 2.05) is 12.1 Å². The van der Waals surface area contributed by atoms with Crippen LogP contribution in [0.15, 0.2) is 18.2 Å². The molecule has 0 fully saturated rings. The summed E-state index contributed by atoms with van der Waals surface area (Å²) in [7, 11) is 1.54. The molecule has 6 nitrogen and oxygen atoms in total. The van der Waals surface area contributed by atoms with Crippen LogP contribution in [0.4, 0.5) is 17.6 Å². The summed E-state index contributed by atoms with van der Waals surface area (Å²) in [5.41, 5.74) is 3.31. The second-order valence-corrected chi connectivity index (χ2v) is 4.90. The number of benzene rings is 1. The standard InChI is InChI=1S/C15H21N5O/c1-5-6-16-13-18-14(20-15(19-13)21-4)17-12-8-10(2)7-11(3)9-12/h7-9H,5-6H2,1-4H3,(H2,16,17,18,19,20). The van der Waals surface area contributed by atoms with Gasteiger partial charge in [-0.3, -0.25) is 0 Å².